The third-order valence-electron chi connectivity index (χ3n) is 5.59. The lowest BCUT2D eigenvalue weighted by Crippen LogP contribution is -2.30. The van der Waals surface area contributed by atoms with E-state index in [1.165, 1.54) is 45.4 Å². The Kier molecular flexibility index (Phi) is 12.6. The van der Waals surface area contributed by atoms with Crippen molar-refractivity contribution in [1.29, 1.82) is 0 Å². The highest BCUT2D eigenvalue weighted by Gasteiger charge is 2.24. The predicted octanol–water partition coefficient (Wildman–Crippen LogP) is 4.36. The molecular formula is C24H40O6. The van der Waals surface area contributed by atoms with E-state index in [2.05, 4.69) is 20.1 Å². The van der Waals surface area contributed by atoms with E-state index in [1.54, 1.807) is 6.92 Å². The summed E-state index contributed by atoms with van der Waals surface area (Å²) in [6, 6.07) is 0. The van der Waals surface area contributed by atoms with Crippen molar-refractivity contribution < 1.29 is 28.9 Å². The molecule has 0 spiro atoms. The Hall–Kier alpha value is -1.66. The molecule has 0 aromatic heterocycles. The van der Waals surface area contributed by atoms with Gasteiger partial charge in [0.2, 0.25) is 0 Å². The van der Waals surface area contributed by atoms with Crippen LogP contribution in [0.3, 0.4) is 0 Å². The van der Waals surface area contributed by atoms with Crippen LogP contribution >= 0.6 is 0 Å². The van der Waals surface area contributed by atoms with E-state index < -0.39 is 18.0 Å². The second kappa shape index (κ2) is 14.4. The summed E-state index contributed by atoms with van der Waals surface area (Å²) in [6.07, 6.45) is 8.85. The first kappa shape index (κ1) is 26.4. The zero-order chi connectivity index (χ0) is 22.5. The second-order valence-corrected chi connectivity index (χ2v) is 8.52. The van der Waals surface area contributed by atoms with Gasteiger partial charge in [0, 0.05) is 5.57 Å². The second-order valence-electron chi connectivity index (χ2n) is 8.52. The molecule has 2 unspecified atom stereocenters. The summed E-state index contributed by atoms with van der Waals surface area (Å²) in [5.41, 5.74) is 0.311. The molecule has 0 bridgehead atoms. The van der Waals surface area contributed by atoms with E-state index in [9.17, 15) is 14.7 Å². The summed E-state index contributed by atoms with van der Waals surface area (Å²) >= 11 is 0. The number of aliphatic hydroxyl groups excluding tert-OH is 1. The van der Waals surface area contributed by atoms with Gasteiger partial charge < -0.3 is 19.3 Å². The molecule has 1 N–H and O–H groups in total. The predicted molar refractivity (Wildman–Crippen MR) is 117 cm³/mol. The van der Waals surface area contributed by atoms with Gasteiger partial charge >= 0.3 is 11.9 Å². The van der Waals surface area contributed by atoms with E-state index >= 15 is 0 Å². The average Bonchev–Trinajstić information content (AvgIpc) is 2.73. The molecule has 1 saturated carbocycles. The van der Waals surface area contributed by atoms with Gasteiger partial charge in [0.1, 0.15) is 0 Å². The van der Waals surface area contributed by atoms with Crippen molar-refractivity contribution in [1.82, 2.24) is 0 Å². The van der Waals surface area contributed by atoms with Crippen molar-refractivity contribution in [3.8, 4) is 0 Å². The summed E-state index contributed by atoms with van der Waals surface area (Å²) in [7, 11) is 0. The molecule has 0 aliphatic heterocycles. The molecule has 0 heterocycles. The largest absolute Gasteiger partial charge is 0.462 e. The van der Waals surface area contributed by atoms with Gasteiger partial charge in [-0.25, -0.2) is 9.59 Å². The topological polar surface area (TPSA) is 82.1 Å². The minimum Gasteiger partial charge on any atom is -0.462 e. The standard InChI is InChI=1S/C24H40O6/c1-6-7-8-9-20-10-12-22(13-11-20)28-14-21(15-29-23(26)17(2)3)16-30-24(27)18(4)19(5)25/h19-22,25H,2,4,6-16H2,1,3,5H3. The maximum atomic E-state index is 11.9. The first-order valence-corrected chi connectivity index (χ1v) is 11.2. The van der Waals surface area contributed by atoms with Crippen LogP contribution in [0.1, 0.15) is 72.1 Å². The van der Waals surface area contributed by atoms with Gasteiger partial charge in [-0.15, -0.1) is 0 Å². The van der Waals surface area contributed by atoms with Crippen molar-refractivity contribution >= 4 is 11.9 Å². The zero-order valence-corrected chi connectivity index (χ0v) is 19.0. The SMILES string of the molecule is C=C(C)C(=O)OCC(COC(=O)C(=C)C(C)O)COC1CCC(CCCCC)CC1. The Morgan fingerprint density at radius 2 is 1.60 bits per heavy atom. The molecule has 172 valence electrons. The van der Waals surface area contributed by atoms with Crippen molar-refractivity contribution in [3.63, 3.8) is 0 Å². The van der Waals surface area contributed by atoms with Crippen molar-refractivity contribution in [2.75, 3.05) is 19.8 Å². The number of carbonyl (C=O) groups excluding carboxylic acids is 2. The highest BCUT2D eigenvalue weighted by molar-refractivity contribution is 5.88. The third-order valence-corrected chi connectivity index (χ3v) is 5.59. The highest BCUT2D eigenvalue weighted by Crippen LogP contribution is 2.30. The number of carbonyl (C=O) groups is 2. The molecule has 6 heteroatoms. The summed E-state index contributed by atoms with van der Waals surface area (Å²) in [4.78, 5) is 23.7. The molecular weight excluding hydrogens is 384 g/mol. The van der Waals surface area contributed by atoms with E-state index in [0.717, 1.165) is 18.8 Å². The van der Waals surface area contributed by atoms with Crippen LogP contribution in [-0.4, -0.2) is 49.1 Å². The lowest BCUT2D eigenvalue weighted by molar-refractivity contribution is -0.146. The van der Waals surface area contributed by atoms with Gasteiger partial charge in [-0.1, -0.05) is 45.8 Å². The van der Waals surface area contributed by atoms with Crippen LogP contribution in [0.2, 0.25) is 0 Å². The maximum absolute atomic E-state index is 11.9. The molecule has 0 radical (unpaired) electrons. The van der Waals surface area contributed by atoms with Crippen LogP contribution in [0.15, 0.2) is 24.3 Å². The number of rotatable bonds is 14. The van der Waals surface area contributed by atoms with Crippen molar-refractivity contribution in [2.24, 2.45) is 11.8 Å². The molecule has 6 nitrogen and oxygen atoms in total. The molecule has 1 aliphatic carbocycles. The lowest BCUT2D eigenvalue weighted by atomic mass is 9.84. The maximum Gasteiger partial charge on any atom is 0.336 e. The smallest absolute Gasteiger partial charge is 0.336 e. The van der Waals surface area contributed by atoms with Crippen LogP contribution in [0.25, 0.3) is 0 Å². The van der Waals surface area contributed by atoms with E-state index in [4.69, 9.17) is 14.2 Å². The van der Waals surface area contributed by atoms with Crippen LogP contribution < -0.4 is 0 Å². The van der Waals surface area contributed by atoms with Gasteiger partial charge in [0.05, 0.1) is 43.5 Å². The summed E-state index contributed by atoms with van der Waals surface area (Å²) in [6.45, 7) is 12.8. The number of hydrogen-bond acceptors (Lipinski definition) is 6. The number of aliphatic hydroxyl groups is 1. The van der Waals surface area contributed by atoms with Crippen LogP contribution in [0, 0.1) is 11.8 Å². The van der Waals surface area contributed by atoms with Gasteiger partial charge in [0.25, 0.3) is 0 Å². The fraction of sp³-hybridized carbons (Fsp3) is 0.750. The molecule has 0 saturated heterocycles. The molecule has 0 aromatic rings. The summed E-state index contributed by atoms with van der Waals surface area (Å²) in [5.74, 6) is -0.626. The molecule has 30 heavy (non-hydrogen) atoms. The number of unbranched alkanes of at least 4 members (excludes halogenated alkanes) is 2. The van der Waals surface area contributed by atoms with E-state index in [1.807, 2.05) is 0 Å². The van der Waals surface area contributed by atoms with Gasteiger partial charge in [-0.3, -0.25) is 0 Å². The van der Waals surface area contributed by atoms with Crippen LogP contribution in [-0.2, 0) is 23.8 Å². The highest BCUT2D eigenvalue weighted by atomic mass is 16.6. The molecule has 2 atom stereocenters. The minimum atomic E-state index is -0.971. The van der Waals surface area contributed by atoms with Gasteiger partial charge in [-0.05, 0) is 45.4 Å². The van der Waals surface area contributed by atoms with Gasteiger partial charge in [0.15, 0.2) is 0 Å². The first-order chi connectivity index (χ1) is 14.2. The Balaban J connectivity index is 2.46. The monoisotopic (exact) mass is 424 g/mol. The Morgan fingerprint density at radius 3 is 2.13 bits per heavy atom. The molecule has 0 aromatic carbocycles. The Bertz CT molecular complexity index is 560. The summed E-state index contributed by atoms with van der Waals surface area (Å²) in [5, 5.41) is 9.45. The third kappa shape index (κ3) is 10.4. The fourth-order valence-electron chi connectivity index (χ4n) is 3.46. The fourth-order valence-corrected chi connectivity index (χ4v) is 3.46. The molecule has 1 aliphatic rings. The van der Waals surface area contributed by atoms with Crippen LogP contribution in [0.4, 0.5) is 0 Å². The molecule has 0 amide bonds. The first-order valence-electron chi connectivity index (χ1n) is 11.2. The number of ether oxygens (including phenoxy) is 3. The van der Waals surface area contributed by atoms with Crippen molar-refractivity contribution in [2.45, 2.75) is 84.3 Å². The van der Waals surface area contributed by atoms with Crippen LogP contribution in [0.5, 0.6) is 0 Å². The normalized spacial score (nSPS) is 20.8. The van der Waals surface area contributed by atoms with E-state index in [-0.39, 0.29) is 30.8 Å². The summed E-state index contributed by atoms with van der Waals surface area (Å²) < 4.78 is 16.6. The van der Waals surface area contributed by atoms with Crippen molar-refractivity contribution in [3.05, 3.63) is 24.3 Å². The van der Waals surface area contributed by atoms with Gasteiger partial charge in [-0.2, -0.15) is 0 Å². The Morgan fingerprint density at radius 1 is 1.00 bits per heavy atom. The quantitative estimate of drug-likeness (QED) is 0.253. The molecule has 1 rings (SSSR count). The Labute approximate surface area is 181 Å². The number of esters is 2. The number of hydrogen-bond donors (Lipinski definition) is 1. The minimum absolute atomic E-state index is 0.00463. The molecule has 1 fully saturated rings. The average molecular weight is 425 g/mol. The zero-order valence-electron chi connectivity index (χ0n) is 19.0. The lowest BCUT2D eigenvalue weighted by Gasteiger charge is -2.29. The van der Waals surface area contributed by atoms with E-state index in [0.29, 0.717) is 12.2 Å².